The molecule has 0 atom stereocenters. The molecule has 0 saturated heterocycles. The largest absolute Gasteiger partial charge is 0.324 e. The molecule has 2 N–H and O–H groups in total. The number of hydrogen-bond donors (Lipinski definition) is 2. The Morgan fingerprint density at radius 2 is 2.40 bits per heavy atom. The van der Waals surface area contributed by atoms with Gasteiger partial charge in [0.2, 0.25) is 0 Å². The summed E-state index contributed by atoms with van der Waals surface area (Å²) in [5.41, 5.74) is 0.517. The third-order valence-electron chi connectivity index (χ3n) is 1.48. The molecule has 1 aromatic heterocycles. The Bertz CT molecular complexity index is 361. The minimum atomic E-state index is -0.174. The Morgan fingerprint density at radius 3 is 3.20 bits per heavy atom. The van der Waals surface area contributed by atoms with Gasteiger partial charge < -0.3 is 4.98 Å². The molecule has 0 fully saturated rings. The van der Waals surface area contributed by atoms with E-state index < -0.39 is 0 Å². The van der Waals surface area contributed by atoms with Crippen LogP contribution in [0.2, 0.25) is 0 Å². The van der Waals surface area contributed by atoms with Crippen LogP contribution in [0.4, 0.5) is 0 Å². The monoisotopic (exact) mass is 137 g/mol. The number of H-pyrrole nitrogens is 2. The summed E-state index contributed by atoms with van der Waals surface area (Å²) >= 11 is 0. The molecule has 4 nitrogen and oxygen atoms in total. The van der Waals surface area contributed by atoms with E-state index in [4.69, 9.17) is 0 Å². The fourth-order valence-electron chi connectivity index (χ4n) is 1.05. The van der Waals surface area contributed by atoms with Gasteiger partial charge >= 0.3 is 5.69 Å². The highest BCUT2D eigenvalue weighted by Gasteiger charge is 1.95. The Morgan fingerprint density at radius 1 is 1.50 bits per heavy atom. The van der Waals surface area contributed by atoms with Crippen molar-refractivity contribution in [3.63, 3.8) is 0 Å². The predicted molar refractivity (Wildman–Crippen MR) is 36.1 cm³/mol. The zero-order valence-electron chi connectivity index (χ0n) is 5.35. The first kappa shape index (κ1) is 5.46. The van der Waals surface area contributed by atoms with Gasteiger partial charge in [0.25, 0.3) is 0 Å². The van der Waals surface area contributed by atoms with Crippen molar-refractivity contribution in [2.45, 2.75) is 6.42 Å². The SMILES string of the molecule is O=c1[nH]c2c([nH]1)=NCCC=2. The molecule has 0 spiro atoms. The van der Waals surface area contributed by atoms with Gasteiger partial charge in [0, 0.05) is 6.54 Å². The number of aromatic amines is 2. The molecule has 0 radical (unpaired) electrons. The first-order valence-electron chi connectivity index (χ1n) is 3.19. The van der Waals surface area contributed by atoms with Gasteiger partial charge in [0.05, 0.1) is 5.35 Å². The Hall–Kier alpha value is -1.32. The zero-order valence-corrected chi connectivity index (χ0v) is 5.35. The fourth-order valence-corrected chi connectivity index (χ4v) is 1.05. The molecule has 0 aromatic carbocycles. The summed E-state index contributed by atoms with van der Waals surface area (Å²) in [6.45, 7) is 0.779. The topological polar surface area (TPSA) is 61.0 Å². The normalized spacial score (nSPS) is 15.2. The van der Waals surface area contributed by atoms with Crippen LogP contribution in [0.5, 0.6) is 0 Å². The first-order chi connectivity index (χ1) is 4.86. The highest BCUT2D eigenvalue weighted by atomic mass is 16.1. The Kier molecular flexibility index (Phi) is 1.00. The Labute approximate surface area is 56.3 Å². The van der Waals surface area contributed by atoms with Gasteiger partial charge in [-0.05, 0) is 6.42 Å². The molecular weight excluding hydrogens is 130 g/mol. The van der Waals surface area contributed by atoms with E-state index in [1.54, 1.807) is 0 Å². The lowest BCUT2D eigenvalue weighted by atomic mass is 10.3. The van der Waals surface area contributed by atoms with E-state index in [1.165, 1.54) is 0 Å². The van der Waals surface area contributed by atoms with Crippen LogP contribution in [0.15, 0.2) is 9.79 Å². The molecule has 0 bridgehead atoms. The highest BCUT2D eigenvalue weighted by Crippen LogP contribution is 1.81. The molecule has 4 heteroatoms. The van der Waals surface area contributed by atoms with Gasteiger partial charge in [-0.2, -0.15) is 0 Å². The lowest BCUT2D eigenvalue weighted by molar-refractivity contribution is 0.929. The molecule has 1 aliphatic heterocycles. The quantitative estimate of drug-likeness (QED) is 0.449. The summed E-state index contributed by atoms with van der Waals surface area (Å²) in [5, 5.41) is 0.830. The van der Waals surface area contributed by atoms with E-state index in [0.717, 1.165) is 18.3 Å². The summed E-state index contributed by atoms with van der Waals surface area (Å²) in [5.74, 6) is 0. The van der Waals surface area contributed by atoms with Crippen molar-refractivity contribution < 1.29 is 0 Å². The van der Waals surface area contributed by atoms with E-state index in [-0.39, 0.29) is 5.69 Å². The molecule has 0 aliphatic carbocycles. The van der Waals surface area contributed by atoms with Gasteiger partial charge in [-0.1, -0.05) is 6.08 Å². The van der Waals surface area contributed by atoms with Crippen LogP contribution in [0.3, 0.4) is 0 Å². The number of fused-ring (bicyclic) bond motifs is 1. The lowest BCUT2D eigenvalue weighted by Gasteiger charge is -1.90. The van der Waals surface area contributed by atoms with E-state index >= 15 is 0 Å². The molecular formula is C6H7N3O. The summed E-state index contributed by atoms with van der Waals surface area (Å²) in [7, 11) is 0. The van der Waals surface area contributed by atoms with Crippen molar-refractivity contribution in [1.29, 1.82) is 0 Å². The molecule has 1 aliphatic rings. The van der Waals surface area contributed by atoms with Crippen molar-refractivity contribution in [2.24, 2.45) is 4.99 Å². The Balaban J connectivity index is 2.96. The van der Waals surface area contributed by atoms with Crippen LogP contribution in [-0.2, 0) is 0 Å². The third-order valence-corrected chi connectivity index (χ3v) is 1.48. The van der Waals surface area contributed by atoms with Gasteiger partial charge in [0.1, 0.15) is 0 Å². The van der Waals surface area contributed by atoms with Gasteiger partial charge in [0.15, 0.2) is 5.49 Å². The van der Waals surface area contributed by atoms with Crippen LogP contribution >= 0.6 is 0 Å². The predicted octanol–water partition coefficient (Wildman–Crippen LogP) is -1.49. The summed E-state index contributed by atoms with van der Waals surface area (Å²) in [4.78, 5) is 20.0. The number of hydrogen-bond acceptors (Lipinski definition) is 2. The van der Waals surface area contributed by atoms with Crippen molar-refractivity contribution >= 4 is 6.08 Å². The summed E-state index contributed by atoms with van der Waals surface area (Å²) in [6.07, 6.45) is 2.89. The van der Waals surface area contributed by atoms with Gasteiger partial charge in [-0.15, -0.1) is 0 Å². The molecule has 0 saturated carbocycles. The van der Waals surface area contributed by atoms with Crippen molar-refractivity contribution in [3.05, 3.63) is 21.3 Å². The molecule has 52 valence electrons. The highest BCUT2D eigenvalue weighted by molar-refractivity contribution is 5.18. The number of imidazole rings is 1. The molecule has 0 unspecified atom stereocenters. The third kappa shape index (κ3) is 0.689. The maximum Gasteiger partial charge on any atom is 0.324 e. The van der Waals surface area contributed by atoms with Crippen LogP contribution in [-0.4, -0.2) is 16.5 Å². The summed E-state index contributed by atoms with van der Waals surface area (Å²) < 4.78 is 0. The maximum atomic E-state index is 10.7. The van der Waals surface area contributed by atoms with Crippen molar-refractivity contribution in [2.75, 3.05) is 6.54 Å². The average Bonchev–Trinajstić information content (AvgIpc) is 2.27. The number of rotatable bonds is 0. The van der Waals surface area contributed by atoms with Gasteiger partial charge in [-0.25, -0.2) is 4.79 Å². The second kappa shape index (κ2) is 1.83. The standard InChI is InChI=1S/C6H7N3O/c10-6-8-4-2-1-3-7-5(4)9-6/h2H,1,3H2,(H2,7,8,9,10). The van der Waals surface area contributed by atoms with Gasteiger partial charge in [-0.3, -0.25) is 9.98 Å². The minimum Gasteiger partial charge on any atom is -0.305 e. The molecule has 1 aromatic rings. The van der Waals surface area contributed by atoms with Crippen molar-refractivity contribution in [1.82, 2.24) is 9.97 Å². The fraction of sp³-hybridized carbons (Fsp3) is 0.333. The molecule has 0 amide bonds. The van der Waals surface area contributed by atoms with E-state index in [2.05, 4.69) is 15.0 Å². The first-order valence-corrected chi connectivity index (χ1v) is 3.19. The molecule has 10 heavy (non-hydrogen) atoms. The smallest absolute Gasteiger partial charge is 0.305 e. The second-order valence-electron chi connectivity index (χ2n) is 2.22. The number of nitrogens with one attached hydrogen (secondary N) is 2. The summed E-state index contributed by atoms with van der Waals surface area (Å²) in [6, 6.07) is 0. The van der Waals surface area contributed by atoms with E-state index in [9.17, 15) is 4.79 Å². The molecule has 2 rings (SSSR count). The van der Waals surface area contributed by atoms with Crippen LogP contribution in [0.1, 0.15) is 6.42 Å². The average molecular weight is 137 g/mol. The van der Waals surface area contributed by atoms with Crippen molar-refractivity contribution in [3.8, 4) is 0 Å². The molecule has 2 heterocycles. The maximum absolute atomic E-state index is 10.7. The minimum absolute atomic E-state index is 0.174. The number of nitrogens with zero attached hydrogens (tertiary/aromatic N) is 1. The zero-order chi connectivity index (χ0) is 6.97. The number of aromatic nitrogens is 2. The van der Waals surface area contributed by atoms with E-state index in [1.807, 2.05) is 6.08 Å². The van der Waals surface area contributed by atoms with E-state index in [0.29, 0.717) is 5.49 Å². The lowest BCUT2D eigenvalue weighted by Crippen LogP contribution is -2.27. The van der Waals surface area contributed by atoms with Crippen LogP contribution in [0, 0.1) is 0 Å². The van der Waals surface area contributed by atoms with Crippen LogP contribution < -0.4 is 16.5 Å². The second-order valence-corrected chi connectivity index (χ2v) is 2.22. The van der Waals surface area contributed by atoms with Crippen LogP contribution in [0.25, 0.3) is 6.08 Å².